The predicted molar refractivity (Wildman–Crippen MR) is 89.8 cm³/mol. The summed E-state index contributed by atoms with van der Waals surface area (Å²) in [6.45, 7) is 9.94. The van der Waals surface area contributed by atoms with Gasteiger partial charge in [-0.3, -0.25) is 9.59 Å². The van der Waals surface area contributed by atoms with Crippen LogP contribution in [0.5, 0.6) is 0 Å². The summed E-state index contributed by atoms with van der Waals surface area (Å²) in [5.74, 6) is -0.552. The van der Waals surface area contributed by atoms with E-state index in [0.717, 1.165) is 22.3 Å². The fourth-order valence-electron chi connectivity index (χ4n) is 2.64. The second kappa shape index (κ2) is 8.79. The maximum Gasteiger partial charge on any atom is 0.307 e. The van der Waals surface area contributed by atoms with Gasteiger partial charge in [-0.05, 0) is 56.9 Å². The van der Waals surface area contributed by atoms with E-state index >= 15 is 0 Å². The summed E-state index contributed by atoms with van der Waals surface area (Å²) >= 11 is 0. The minimum absolute atomic E-state index is 0.0431. The molecule has 0 aliphatic carbocycles. The lowest BCUT2D eigenvalue weighted by atomic mass is 9.88. The summed E-state index contributed by atoms with van der Waals surface area (Å²) < 4.78 is 4.95. The molecule has 0 fully saturated rings. The van der Waals surface area contributed by atoms with E-state index in [9.17, 15) is 9.59 Å². The van der Waals surface area contributed by atoms with E-state index < -0.39 is 12.0 Å². The lowest BCUT2D eigenvalue weighted by molar-refractivity contribution is -0.143. The summed E-state index contributed by atoms with van der Waals surface area (Å²) in [5.41, 5.74) is 4.61. The van der Waals surface area contributed by atoms with Crippen LogP contribution in [0.2, 0.25) is 0 Å². The minimum atomic E-state index is -0.695. The van der Waals surface area contributed by atoms with Crippen LogP contribution in [0.3, 0.4) is 0 Å². The summed E-state index contributed by atoms with van der Waals surface area (Å²) in [7, 11) is 0. The smallest absolute Gasteiger partial charge is 0.307 e. The zero-order valence-corrected chi connectivity index (χ0v) is 14.7. The monoisotopic (exact) mass is 321 g/mol. The number of carbonyl (C=O) groups is 2. The molecule has 0 aromatic heterocycles. The number of nitrogens with one attached hydrogen (secondary N) is 1. The van der Waals surface area contributed by atoms with Crippen molar-refractivity contribution in [3.63, 3.8) is 0 Å². The molecule has 1 unspecified atom stereocenters. The lowest BCUT2D eigenvalue weighted by Crippen LogP contribution is -2.41. The summed E-state index contributed by atoms with van der Waals surface area (Å²) in [5, 5.41) is 12.0. The molecule has 0 aliphatic heterocycles. The molecule has 23 heavy (non-hydrogen) atoms. The number of hydrogen-bond donors (Lipinski definition) is 2. The molecular formula is C18H27NO4. The van der Waals surface area contributed by atoms with E-state index in [1.54, 1.807) is 6.92 Å². The Kier molecular flexibility index (Phi) is 7.39. The van der Waals surface area contributed by atoms with Crippen molar-refractivity contribution < 1.29 is 19.4 Å². The summed E-state index contributed by atoms with van der Waals surface area (Å²) in [6.07, 6.45) is -0.0431. The van der Waals surface area contributed by atoms with Crippen molar-refractivity contribution in [2.24, 2.45) is 0 Å². The van der Waals surface area contributed by atoms with Gasteiger partial charge in [0.25, 0.3) is 0 Å². The number of aliphatic hydroxyl groups is 1. The Morgan fingerprint density at radius 1 is 1.17 bits per heavy atom. The summed E-state index contributed by atoms with van der Waals surface area (Å²) in [4.78, 5) is 24.8. The standard InChI is InChI=1S/C18H27NO4/c1-6-23-16(21)10-15(19-7-8-20)18(22)17-13(4)11(2)9-12(3)14(17)5/h9,15,19-20H,6-8,10H2,1-5H3. The number of aryl methyl sites for hydroxylation is 2. The number of ketones is 1. The second-order valence-corrected chi connectivity index (χ2v) is 5.74. The number of hydrogen-bond acceptors (Lipinski definition) is 5. The lowest BCUT2D eigenvalue weighted by Gasteiger charge is -2.21. The number of Topliss-reactive ketones (excluding diaryl/α,β-unsaturated/α-hetero) is 1. The van der Waals surface area contributed by atoms with E-state index in [1.165, 1.54) is 0 Å². The molecule has 128 valence electrons. The Morgan fingerprint density at radius 2 is 1.74 bits per heavy atom. The molecular weight excluding hydrogens is 294 g/mol. The van der Waals surface area contributed by atoms with Gasteiger partial charge in [0, 0.05) is 12.1 Å². The fourth-order valence-corrected chi connectivity index (χ4v) is 2.64. The van der Waals surface area contributed by atoms with Gasteiger partial charge in [-0.15, -0.1) is 0 Å². The predicted octanol–water partition coefficient (Wildman–Crippen LogP) is 2.01. The number of benzene rings is 1. The quantitative estimate of drug-likeness (QED) is 0.566. The first-order valence-corrected chi connectivity index (χ1v) is 7.94. The maximum atomic E-state index is 13.0. The highest BCUT2D eigenvalue weighted by Crippen LogP contribution is 2.23. The Balaban J connectivity index is 3.16. The van der Waals surface area contributed by atoms with Crippen molar-refractivity contribution in [3.8, 4) is 0 Å². The van der Waals surface area contributed by atoms with Crippen LogP contribution in [-0.2, 0) is 9.53 Å². The van der Waals surface area contributed by atoms with Crippen LogP contribution in [0.15, 0.2) is 6.07 Å². The number of rotatable bonds is 8. The number of ether oxygens (including phenoxy) is 1. The fraction of sp³-hybridized carbons (Fsp3) is 0.556. The third-order valence-corrected chi connectivity index (χ3v) is 4.11. The normalized spacial score (nSPS) is 12.1. The molecule has 0 heterocycles. The molecule has 1 atom stereocenters. The molecule has 0 spiro atoms. The highest BCUT2D eigenvalue weighted by Gasteiger charge is 2.26. The minimum Gasteiger partial charge on any atom is -0.466 e. The molecule has 1 rings (SSSR count). The Labute approximate surface area is 138 Å². The Bertz CT molecular complexity index is 555. The van der Waals surface area contributed by atoms with Gasteiger partial charge in [-0.1, -0.05) is 6.07 Å². The first kappa shape index (κ1) is 19.3. The van der Waals surface area contributed by atoms with Gasteiger partial charge >= 0.3 is 5.97 Å². The van der Waals surface area contributed by atoms with Crippen LogP contribution < -0.4 is 5.32 Å². The molecule has 1 aromatic rings. The maximum absolute atomic E-state index is 13.0. The van der Waals surface area contributed by atoms with E-state index in [1.807, 2.05) is 27.7 Å². The zero-order chi connectivity index (χ0) is 17.6. The molecule has 5 heteroatoms. The topological polar surface area (TPSA) is 75.6 Å². The molecule has 0 aliphatic rings. The van der Waals surface area contributed by atoms with Crippen LogP contribution in [0.4, 0.5) is 0 Å². The second-order valence-electron chi connectivity index (χ2n) is 5.74. The largest absolute Gasteiger partial charge is 0.466 e. The van der Waals surface area contributed by atoms with Crippen molar-refractivity contribution in [2.75, 3.05) is 19.8 Å². The van der Waals surface area contributed by atoms with Crippen molar-refractivity contribution in [1.82, 2.24) is 5.32 Å². The molecule has 1 aromatic carbocycles. The molecule has 0 bridgehead atoms. The average Bonchev–Trinajstić information content (AvgIpc) is 2.49. The van der Waals surface area contributed by atoms with Crippen molar-refractivity contribution in [1.29, 1.82) is 0 Å². The van der Waals surface area contributed by atoms with Gasteiger partial charge in [0.1, 0.15) is 0 Å². The van der Waals surface area contributed by atoms with E-state index in [2.05, 4.69) is 11.4 Å². The SMILES string of the molecule is CCOC(=O)CC(NCCO)C(=O)c1c(C)c(C)cc(C)c1C. The van der Waals surface area contributed by atoms with Crippen LogP contribution in [-0.4, -0.2) is 42.7 Å². The van der Waals surface area contributed by atoms with Crippen LogP contribution in [0.25, 0.3) is 0 Å². The van der Waals surface area contributed by atoms with E-state index in [0.29, 0.717) is 5.56 Å². The van der Waals surface area contributed by atoms with Gasteiger partial charge in [-0.2, -0.15) is 0 Å². The van der Waals surface area contributed by atoms with Crippen LogP contribution in [0, 0.1) is 27.7 Å². The number of esters is 1. The highest BCUT2D eigenvalue weighted by atomic mass is 16.5. The third-order valence-electron chi connectivity index (χ3n) is 4.11. The molecule has 0 radical (unpaired) electrons. The third kappa shape index (κ3) is 4.88. The van der Waals surface area contributed by atoms with Gasteiger partial charge in [0.2, 0.25) is 0 Å². The zero-order valence-electron chi connectivity index (χ0n) is 14.7. The van der Waals surface area contributed by atoms with Gasteiger partial charge < -0.3 is 15.2 Å². The first-order chi connectivity index (χ1) is 10.8. The molecule has 0 amide bonds. The molecule has 0 saturated carbocycles. The average molecular weight is 321 g/mol. The van der Waals surface area contributed by atoms with Gasteiger partial charge in [-0.25, -0.2) is 0 Å². The van der Waals surface area contributed by atoms with Crippen molar-refractivity contribution in [2.45, 2.75) is 47.1 Å². The molecule has 5 nitrogen and oxygen atoms in total. The first-order valence-electron chi connectivity index (χ1n) is 7.94. The van der Waals surface area contributed by atoms with Crippen molar-refractivity contribution in [3.05, 3.63) is 33.9 Å². The Hall–Kier alpha value is -1.72. The van der Waals surface area contributed by atoms with Gasteiger partial charge in [0.05, 0.1) is 25.7 Å². The molecule has 2 N–H and O–H groups in total. The number of aliphatic hydroxyl groups excluding tert-OH is 1. The van der Waals surface area contributed by atoms with E-state index in [4.69, 9.17) is 9.84 Å². The Morgan fingerprint density at radius 3 is 2.22 bits per heavy atom. The van der Waals surface area contributed by atoms with Crippen LogP contribution in [0.1, 0.15) is 46.0 Å². The van der Waals surface area contributed by atoms with Crippen molar-refractivity contribution >= 4 is 11.8 Å². The summed E-state index contributed by atoms with van der Waals surface area (Å²) in [6, 6.07) is 1.36. The van der Waals surface area contributed by atoms with E-state index in [-0.39, 0.29) is 32.0 Å². The van der Waals surface area contributed by atoms with Crippen LogP contribution >= 0.6 is 0 Å². The van der Waals surface area contributed by atoms with Gasteiger partial charge in [0.15, 0.2) is 5.78 Å². The molecule has 0 saturated heterocycles. The number of carbonyl (C=O) groups excluding carboxylic acids is 2. The highest BCUT2D eigenvalue weighted by molar-refractivity contribution is 6.04.